The van der Waals surface area contributed by atoms with Gasteiger partial charge in [0, 0.05) is 87.0 Å². The molecule has 0 saturated carbocycles. The molecular weight excluding hydrogens is 1080 g/mol. The van der Waals surface area contributed by atoms with E-state index in [9.17, 15) is 47.9 Å². The van der Waals surface area contributed by atoms with E-state index in [0.717, 1.165) is 27.8 Å². The number of esters is 2. The average molecular weight is 1180 g/mol. The zero-order chi connectivity index (χ0) is 65.1. The Morgan fingerprint density at radius 1 is 0.393 bits per heavy atom. The van der Waals surface area contributed by atoms with Gasteiger partial charge in [-0.15, -0.1) is 0 Å². The lowest BCUT2D eigenvalue weighted by Gasteiger charge is -2.23. The maximum absolute atomic E-state index is 11.9. The number of amides is 5. The molecule has 0 heterocycles. The highest BCUT2D eigenvalue weighted by Gasteiger charge is 2.24. The van der Waals surface area contributed by atoms with Crippen LogP contribution < -0.4 is 0 Å². The van der Waals surface area contributed by atoms with Crippen molar-refractivity contribution in [1.29, 1.82) is 0 Å². The Bertz CT molecular complexity index is 2500. The second-order valence-corrected chi connectivity index (χ2v) is 22.9. The molecule has 0 aromatic heterocycles. The number of hydrogen-bond donors (Lipinski definition) is 3. The molecule has 20 nitrogen and oxygen atoms in total. The van der Waals surface area contributed by atoms with E-state index in [-0.39, 0.29) is 59.9 Å². The van der Waals surface area contributed by atoms with Gasteiger partial charge in [0.05, 0.1) is 32.6 Å². The average Bonchev–Trinajstić information content (AvgIpc) is 3.52. The SMILES string of the molecule is CC(C)CC(=O)N(C)Cc1ccc(C(=O)O)cc1.CC(C)CC(=O)N(C)Cc1cccc(CC(=O)O)c1.CC(C)CC(=O)N(C)Cc1ccccc1CC(=O)O.COC(=O)[C@@H](C)N(C)C(=O)CC(C)C.COC(=O)[C@H](C)N(C)C(=O)CC(C)C. The number of carboxylic acid groups (broad SMARTS) is 3. The molecule has 0 radical (unpaired) electrons. The van der Waals surface area contributed by atoms with Crippen molar-refractivity contribution in [3.05, 3.63) is 106 Å². The van der Waals surface area contributed by atoms with E-state index >= 15 is 0 Å². The summed E-state index contributed by atoms with van der Waals surface area (Å²) < 4.78 is 9.11. The minimum absolute atomic E-state index is 0.0114. The highest BCUT2D eigenvalue weighted by molar-refractivity contribution is 5.88. The van der Waals surface area contributed by atoms with Gasteiger partial charge in [-0.1, -0.05) is 130 Å². The maximum Gasteiger partial charge on any atom is 0.335 e. The second kappa shape index (κ2) is 41.4. The third kappa shape index (κ3) is 34.7. The minimum Gasteiger partial charge on any atom is -0.481 e. The molecule has 84 heavy (non-hydrogen) atoms. The number of benzene rings is 3. The maximum atomic E-state index is 11.9. The summed E-state index contributed by atoms with van der Waals surface area (Å²) in [4.78, 5) is 121. The first-order chi connectivity index (χ1) is 39.0. The van der Waals surface area contributed by atoms with Crippen molar-refractivity contribution < 1.29 is 72.7 Å². The fraction of sp³-hybridized carbons (Fsp3) is 0.562. The Hall–Kier alpha value is -7.64. The van der Waals surface area contributed by atoms with Crippen LogP contribution in [0.5, 0.6) is 0 Å². The predicted octanol–water partition coefficient (Wildman–Crippen LogP) is 9.13. The monoisotopic (exact) mass is 1180 g/mol. The molecule has 0 fully saturated rings. The predicted molar refractivity (Wildman–Crippen MR) is 324 cm³/mol. The smallest absolute Gasteiger partial charge is 0.335 e. The van der Waals surface area contributed by atoms with Crippen LogP contribution >= 0.6 is 0 Å². The number of methoxy groups -OCH3 is 2. The molecule has 470 valence electrons. The van der Waals surface area contributed by atoms with Gasteiger partial charge in [-0.05, 0) is 83.4 Å². The summed E-state index contributed by atoms with van der Waals surface area (Å²) in [5, 5.41) is 26.4. The van der Waals surface area contributed by atoms with E-state index in [4.69, 9.17) is 15.3 Å². The third-order valence-corrected chi connectivity index (χ3v) is 12.5. The highest BCUT2D eigenvalue weighted by Crippen LogP contribution is 2.16. The second-order valence-electron chi connectivity index (χ2n) is 22.9. The standard InChI is InChI=1S/2C15H21NO3.C14H19NO3.2C10H19NO3/c1-11(2)7-14(17)16(3)10-13-6-4-5-12(8-13)9-15(18)19;1-11(2)8-14(17)16(3)10-13-7-5-4-6-12(13)9-15(18)19;1-10(2)8-13(16)15(3)9-11-4-6-12(7-5-11)14(17)18;2*1-7(2)6-9(12)11(4)8(3)10(13)14-5/h4-6,8,11H,7,9-10H2,1-3H3,(H,18,19);4-7,11H,8-10H2,1-3H3,(H,18,19);4-7,10H,8-9H2,1-3H3,(H,17,18);2*7-8H,6H2,1-5H3/t;;;2*8-/m...10/s1. The fourth-order valence-electron chi connectivity index (χ4n) is 7.47. The molecule has 0 unspecified atom stereocenters. The van der Waals surface area contributed by atoms with E-state index in [1.807, 2.05) is 106 Å². The van der Waals surface area contributed by atoms with Crippen molar-refractivity contribution in [2.75, 3.05) is 49.5 Å². The third-order valence-electron chi connectivity index (χ3n) is 12.5. The van der Waals surface area contributed by atoms with Crippen LogP contribution in [0, 0.1) is 29.6 Å². The van der Waals surface area contributed by atoms with Crippen molar-refractivity contribution >= 4 is 59.4 Å². The van der Waals surface area contributed by atoms with Gasteiger partial charge >= 0.3 is 29.8 Å². The van der Waals surface area contributed by atoms with Crippen LogP contribution in [0.3, 0.4) is 0 Å². The van der Waals surface area contributed by atoms with E-state index in [1.54, 1.807) is 100 Å². The van der Waals surface area contributed by atoms with Crippen molar-refractivity contribution in [2.45, 2.75) is 160 Å². The molecule has 0 aliphatic rings. The van der Waals surface area contributed by atoms with Gasteiger partial charge in [0.25, 0.3) is 0 Å². The Morgan fingerprint density at radius 2 is 0.726 bits per heavy atom. The Labute approximate surface area is 499 Å². The summed E-state index contributed by atoms with van der Waals surface area (Å²) >= 11 is 0. The zero-order valence-electron chi connectivity index (χ0n) is 53.5. The number of rotatable bonds is 25. The molecule has 0 spiro atoms. The first-order valence-corrected chi connectivity index (χ1v) is 28.3. The van der Waals surface area contributed by atoms with Gasteiger partial charge < -0.3 is 49.3 Å². The van der Waals surface area contributed by atoms with Crippen LogP contribution in [0.1, 0.15) is 153 Å². The normalized spacial score (nSPS) is 11.1. The van der Waals surface area contributed by atoms with Crippen molar-refractivity contribution in [3.63, 3.8) is 0 Å². The number of carbonyl (C=O) groups excluding carboxylic acids is 7. The number of carboxylic acids is 3. The number of aliphatic carboxylic acids is 2. The quantitative estimate of drug-likeness (QED) is 0.0668. The lowest BCUT2D eigenvalue weighted by Crippen LogP contribution is -2.41. The molecule has 3 rings (SSSR count). The molecular formula is C64H99N5O15. The lowest BCUT2D eigenvalue weighted by molar-refractivity contribution is -0.151. The molecule has 2 atom stereocenters. The summed E-state index contributed by atoms with van der Waals surface area (Å²) in [6, 6.07) is 20.3. The van der Waals surface area contributed by atoms with Crippen LogP contribution in [0.25, 0.3) is 0 Å². The van der Waals surface area contributed by atoms with Gasteiger partial charge in [-0.2, -0.15) is 0 Å². The molecule has 0 saturated heterocycles. The van der Waals surface area contributed by atoms with Crippen LogP contribution in [-0.2, 0) is 85.1 Å². The summed E-state index contributed by atoms with van der Waals surface area (Å²) in [5.74, 6) is -1.57. The molecule has 0 bridgehead atoms. The summed E-state index contributed by atoms with van der Waals surface area (Å²) in [6.45, 7) is 24.7. The zero-order valence-corrected chi connectivity index (χ0v) is 53.5. The number of hydrogen-bond acceptors (Lipinski definition) is 12. The van der Waals surface area contributed by atoms with Crippen LogP contribution in [0.4, 0.5) is 0 Å². The van der Waals surface area contributed by atoms with Gasteiger partial charge in [0.2, 0.25) is 29.5 Å². The number of nitrogens with zero attached hydrogens (tertiary/aromatic N) is 5. The molecule has 3 aromatic carbocycles. The largest absolute Gasteiger partial charge is 0.481 e. The molecule has 3 aromatic rings. The first-order valence-electron chi connectivity index (χ1n) is 28.3. The molecule has 0 aliphatic carbocycles. The molecule has 20 heteroatoms. The van der Waals surface area contributed by atoms with Gasteiger partial charge in [0.1, 0.15) is 12.1 Å². The van der Waals surface area contributed by atoms with Crippen molar-refractivity contribution in [3.8, 4) is 0 Å². The van der Waals surface area contributed by atoms with Crippen molar-refractivity contribution in [1.82, 2.24) is 24.5 Å². The molecule has 3 N–H and O–H groups in total. The van der Waals surface area contributed by atoms with E-state index in [1.165, 1.54) is 24.0 Å². The van der Waals surface area contributed by atoms with Crippen LogP contribution in [0.15, 0.2) is 72.8 Å². The van der Waals surface area contributed by atoms with Gasteiger partial charge in [0.15, 0.2) is 0 Å². The van der Waals surface area contributed by atoms with E-state index in [0.29, 0.717) is 81.3 Å². The summed E-state index contributed by atoms with van der Waals surface area (Å²) in [7, 11) is 11.2. The van der Waals surface area contributed by atoms with E-state index in [2.05, 4.69) is 9.47 Å². The number of carbonyl (C=O) groups is 10. The van der Waals surface area contributed by atoms with E-state index < -0.39 is 30.0 Å². The highest BCUT2D eigenvalue weighted by atomic mass is 16.5. The van der Waals surface area contributed by atoms with Gasteiger partial charge in [-0.25, -0.2) is 14.4 Å². The topological polar surface area (TPSA) is 266 Å². The van der Waals surface area contributed by atoms with Crippen LogP contribution in [-0.4, -0.2) is 161 Å². The number of likely N-dealkylation sites (N-methyl/N-ethyl adjacent to an activating group) is 2. The number of ether oxygens (including phenoxy) is 2. The number of aromatic carboxylic acids is 1. The summed E-state index contributed by atoms with van der Waals surface area (Å²) in [6.07, 6.45) is 2.49. The van der Waals surface area contributed by atoms with Gasteiger partial charge in [-0.3, -0.25) is 33.6 Å². The Balaban J connectivity index is 0. The van der Waals surface area contributed by atoms with Crippen molar-refractivity contribution in [2.24, 2.45) is 29.6 Å². The van der Waals surface area contributed by atoms with Crippen LogP contribution in [0.2, 0.25) is 0 Å². The Kier molecular flexibility index (Phi) is 38.6. The molecule has 0 aliphatic heterocycles. The Morgan fingerprint density at radius 3 is 1.07 bits per heavy atom. The minimum atomic E-state index is -0.939. The molecule has 5 amide bonds. The summed E-state index contributed by atoms with van der Waals surface area (Å²) in [5.41, 5.74) is 4.56. The lowest BCUT2D eigenvalue weighted by atomic mass is 10.0. The fourth-order valence-corrected chi connectivity index (χ4v) is 7.47. The first kappa shape index (κ1) is 78.4.